The van der Waals surface area contributed by atoms with Gasteiger partial charge in [-0.05, 0) is 37.6 Å². The van der Waals surface area contributed by atoms with Crippen LogP contribution in [0.1, 0.15) is 13.3 Å². The molecule has 0 N–H and O–H groups in total. The lowest BCUT2D eigenvalue weighted by Crippen LogP contribution is -1.86. The molecule has 0 radical (unpaired) electrons. The highest BCUT2D eigenvalue weighted by atomic mass is 16.5. The highest BCUT2D eigenvalue weighted by Crippen LogP contribution is 2.11. The number of rotatable bonds is 3. The summed E-state index contributed by atoms with van der Waals surface area (Å²) in [7, 11) is 1.67. The summed E-state index contributed by atoms with van der Waals surface area (Å²) in [6, 6.07) is 0. The van der Waals surface area contributed by atoms with Gasteiger partial charge in [-0.3, -0.25) is 0 Å². The van der Waals surface area contributed by atoms with Crippen molar-refractivity contribution in [1.82, 2.24) is 0 Å². The number of allylic oxidation sites excluding steroid dienone is 4. The van der Waals surface area contributed by atoms with Crippen LogP contribution in [0.5, 0.6) is 0 Å². The van der Waals surface area contributed by atoms with Gasteiger partial charge in [0.1, 0.15) is 11.5 Å². The molecule has 0 aromatic rings. The van der Waals surface area contributed by atoms with E-state index in [1.54, 1.807) is 7.11 Å². The van der Waals surface area contributed by atoms with Crippen LogP contribution in [-0.4, -0.2) is 13.7 Å². The molecule has 0 heterocycles. The lowest BCUT2D eigenvalue weighted by atomic mass is 10.3. The molecule has 2 nitrogen and oxygen atoms in total. The first-order valence-corrected chi connectivity index (χ1v) is 4.12. The van der Waals surface area contributed by atoms with E-state index in [1.165, 1.54) is 0 Å². The van der Waals surface area contributed by atoms with Gasteiger partial charge in [0, 0.05) is 0 Å². The van der Waals surface area contributed by atoms with E-state index < -0.39 is 0 Å². The van der Waals surface area contributed by atoms with E-state index in [4.69, 9.17) is 9.47 Å². The molecule has 66 valence electrons. The Morgan fingerprint density at radius 2 is 1.92 bits per heavy atom. The minimum atomic E-state index is 0.707. The Hall–Kier alpha value is -1.18. The first kappa shape index (κ1) is 8.91. The lowest BCUT2D eigenvalue weighted by Gasteiger charge is -2.01. The molecule has 1 rings (SSSR count). The predicted molar refractivity (Wildman–Crippen MR) is 48.6 cm³/mol. The van der Waals surface area contributed by atoms with Crippen LogP contribution in [0.3, 0.4) is 0 Å². The second-order valence-corrected chi connectivity index (χ2v) is 2.42. The fourth-order valence-electron chi connectivity index (χ4n) is 1.02. The van der Waals surface area contributed by atoms with Gasteiger partial charge >= 0.3 is 0 Å². The van der Waals surface area contributed by atoms with Crippen LogP contribution in [0.15, 0.2) is 35.8 Å². The van der Waals surface area contributed by atoms with E-state index in [1.807, 2.05) is 31.2 Å². The maximum atomic E-state index is 5.34. The van der Waals surface area contributed by atoms with Crippen molar-refractivity contribution in [2.75, 3.05) is 13.7 Å². The van der Waals surface area contributed by atoms with Crippen LogP contribution >= 0.6 is 0 Å². The summed E-state index contributed by atoms with van der Waals surface area (Å²) >= 11 is 0. The molecule has 1 aliphatic carbocycles. The zero-order valence-corrected chi connectivity index (χ0v) is 7.54. The second kappa shape index (κ2) is 4.65. The zero-order valence-electron chi connectivity index (χ0n) is 7.54. The van der Waals surface area contributed by atoms with Crippen molar-refractivity contribution in [3.05, 3.63) is 35.8 Å². The fourth-order valence-corrected chi connectivity index (χ4v) is 1.02. The largest absolute Gasteiger partial charge is 0.497 e. The molecule has 0 aromatic carbocycles. The van der Waals surface area contributed by atoms with E-state index in [0.717, 1.165) is 17.9 Å². The number of hydrogen-bond donors (Lipinski definition) is 0. The highest BCUT2D eigenvalue weighted by molar-refractivity contribution is 5.25. The van der Waals surface area contributed by atoms with Crippen molar-refractivity contribution >= 4 is 0 Å². The third-order valence-corrected chi connectivity index (χ3v) is 1.60. The van der Waals surface area contributed by atoms with Crippen molar-refractivity contribution < 1.29 is 9.47 Å². The summed E-state index contributed by atoms with van der Waals surface area (Å²) in [5.74, 6) is 1.81. The lowest BCUT2D eigenvalue weighted by molar-refractivity contribution is 0.241. The van der Waals surface area contributed by atoms with Gasteiger partial charge in [0.25, 0.3) is 0 Å². The summed E-state index contributed by atoms with van der Waals surface area (Å²) < 4.78 is 10.4. The molecule has 0 saturated carbocycles. The number of methoxy groups -OCH3 is 1. The Morgan fingerprint density at radius 3 is 2.58 bits per heavy atom. The Bertz CT molecular complexity index is 224. The standard InChI is InChI=1S/C10H14O2/c1-3-12-10-6-4-5-9(11-2)7-8-10/h5-8H,3-4H2,1-2H3. The van der Waals surface area contributed by atoms with Crippen LogP contribution in [-0.2, 0) is 9.47 Å². The van der Waals surface area contributed by atoms with Gasteiger partial charge in [0.2, 0.25) is 0 Å². The smallest absolute Gasteiger partial charge is 0.115 e. The zero-order chi connectivity index (χ0) is 8.81. The van der Waals surface area contributed by atoms with Crippen molar-refractivity contribution in [1.29, 1.82) is 0 Å². The molecule has 0 aliphatic heterocycles. The summed E-state index contributed by atoms with van der Waals surface area (Å²) in [6.07, 6.45) is 8.75. The first-order valence-electron chi connectivity index (χ1n) is 4.12. The SMILES string of the molecule is CCOC1=CCC=C(OC)C=C1. The van der Waals surface area contributed by atoms with Crippen molar-refractivity contribution in [2.45, 2.75) is 13.3 Å². The number of ether oxygens (including phenoxy) is 2. The van der Waals surface area contributed by atoms with Crippen molar-refractivity contribution in [2.24, 2.45) is 0 Å². The quantitative estimate of drug-likeness (QED) is 0.641. The highest BCUT2D eigenvalue weighted by Gasteiger charge is 1.97. The molecule has 0 unspecified atom stereocenters. The van der Waals surface area contributed by atoms with Gasteiger partial charge < -0.3 is 9.47 Å². The maximum absolute atomic E-state index is 5.34. The van der Waals surface area contributed by atoms with Crippen LogP contribution in [0.2, 0.25) is 0 Å². The molecule has 0 fully saturated rings. The van der Waals surface area contributed by atoms with Crippen molar-refractivity contribution in [3.8, 4) is 0 Å². The normalized spacial score (nSPS) is 16.2. The molecular formula is C10H14O2. The minimum absolute atomic E-state index is 0.707. The van der Waals surface area contributed by atoms with E-state index in [0.29, 0.717) is 6.61 Å². The third kappa shape index (κ3) is 2.46. The van der Waals surface area contributed by atoms with E-state index in [9.17, 15) is 0 Å². The molecule has 0 amide bonds. The van der Waals surface area contributed by atoms with Crippen molar-refractivity contribution in [3.63, 3.8) is 0 Å². The van der Waals surface area contributed by atoms with Gasteiger partial charge in [-0.25, -0.2) is 0 Å². The predicted octanol–water partition coefficient (Wildman–Crippen LogP) is 2.40. The fraction of sp³-hybridized carbons (Fsp3) is 0.400. The van der Waals surface area contributed by atoms with Gasteiger partial charge in [-0.1, -0.05) is 0 Å². The van der Waals surface area contributed by atoms with E-state index >= 15 is 0 Å². The molecule has 0 aromatic heterocycles. The molecule has 0 saturated heterocycles. The molecule has 0 spiro atoms. The monoisotopic (exact) mass is 166 g/mol. The third-order valence-electron chi connectivity index (χ3n) is 1.60. The van der Waals surface area contributed by atoms with Crippen LogP contribution in [0.4, 0.5) is 0 Å². The molecule has 1 aliphatic rings. The molecular weight excluding hydrogens is 152 g/mol. The molecule has 2 heteroatoms. The van der Waals surface area contributed by atoms with Gasteiger partial charge in [-0.15, -0.1) is 0 Å². The van der Waals surface area contributed by atoms with Gasteiger partial charge in [0.05, 0.1) is 13.7 Å². The Labute approximate surface area is 73.2 Å². The Morgan fingerprint density at radius 1 is 1.25 bits per heavy atom. The van der Waals surface area contributed by atoms with Gasteiger partial charge in [0.15, 0.2) is 0 Å². The van der Waals surface area contributed by atoms with E-state index in [2.05, 4.69) is 0 Å². The average Bonchev–Trinajstić information content (AvgIpc) is 2.31. The Balaban J connectivity index is 2.58. The van der Waals surface area contributed by atoms with Gasteiger partial charge in [-0.2, -0.15) is 0 Å². The second-order valence-electron chi connectivity index (χ2n) is 2.42. The molecule has 0 atom stereocenters. The first-order chi connectivity index (χ1) is 5.86. The summed E-state index contributed by atoms with van der Waals surface area (Å²) in [4.78, 5) is 0. The van der Waals surface area contributed by atoms with Crippen LogP contribution in [0, 0.1) is 0 Å². The summed E-state index contributed by atoms with van der Waals surface area (Å²) in [5, 5.41) is 0. The number of hydrogen-bond acceptors (Lipinski definition) is 2. The summed E-state index contributed by atoms with van der Waals surface area (Å²) in [5.41, 5.74) is 0. The van der Waals surface area contributed by atoms with Crippen LogP contribution in [0.25, 0.3) is 0 Å². The maximum Gasteiger partial charge on any atom is 0.115 e. The molecule has 12 heavy (non-hydrogen) atoms. The Kier molecular flexibility index (Phi) is 3.45. The average molecular weight is 166 g/mol. The molecule has 0 bridgehead atoms. The minimum Gasteiger partial charge on any atom is -0.497 e. The van der Waals surface area contributed by atoms with Crippen LogP contribution < -0.4 is 0 Å². The topological polar surface area (TPSA) is 18.5 Å². The van der Waals surface area contributed by atoms with E-state index in [-0.39, 0.29) is 0 Å². The summed E-state index contributed by atoms with van der Waals surface area (Å²) in [6.45, 7) is 2.68.